The summed E-state index contributed by atoms with van der Waals surface area (Å²) in [4.78, 5) is 30.5. The molecule has 3 heterocycles. The Labute approximate surface area is 136 Å². The maximum atomic E-state index is 12.3. The molecule has 0 spiro atoms. The molecule has 1 N–H and O–H groups in total. The number of nitrogens with zero attached hydrogens (tertiary/aromatic N) is 2. The van der Waals surface area contributed by atoms with Gasteiger partial charge >= 0.3 is 5.63 Å². The number of nitrogens with one attached hydrogen (secondary N) is 1. The van der Waals surface area contributed by atoms with Crippen LogP contribution in [0, 0.1) is 6.92 Å². The maximum Gasteiger partial charge on any atom is 0.337 e. The number of hydrogen-bond donors (Lipinski definition) is 1. The fourth-order valence-corrected chi connectivity index (χ4v) is 2.52. The molecule has 3 aromatic rings. The fraction of sp³-hybridized carbons (Fsp3) is 0.375. The summed E-state index contributed by atoms with van der Waals surface area (Å²) in [6, 6.07) is 1.28. The SMILES string of the molecule is CCc1noc(C)c1COc1nc2oc(=O)cc(CC)c2c(=O)[nH]1. The van der Waals surface area contributed by atoms with Gasteiger partial charge in [-0.05, 0) is 25.3 Å². The van der Waals surface area contributed by atoms with Crippen LogP contribution >= 0.6 is 0 Å². The van der Waals surface area contributed by atoms with Gasteiger partial charge in [0.15, 0.2) is 0 Å². The normalized spacial score (nSPS) is 11.1. The van der Waals surface area contributed by atoms with Crippen molar-refractivity contribution in [2.45, 2.75) is 40.2 Å². The van der Waals surface area contributed by atoms with Crippen molar-refractivity contribution < 1.29 is 13.7 Å². The predicted octanol–water partition coefficient (Wildman–Crippen LogP) is 1.88. The molecule has 0 radical (unpaired) electrons. The molecule has 8 nitrogen and oxygen atoms in total. The molecule has 0 saturated carbocycles. The number of H-pyrrole nitrogens is 1. The van der Waals surface area contributed by atoms with Gasteiger partial charge in [0.1, 0.15) is 17.8 Å². The Morgan fingerprint density at radius 1 is 1.25 bits per heavy atom. The van der Waals surface area contributed by atoms with Crippen molar-refractivity contribution in [1.82, 2.24) is 15.1 Å². The molecule has 24 heavy (non-hydrogen) atoms. The highest BCUT2D eigenvalue weighted by atomic mass is 16.5. The van der Waals surface area contributed by atoms with Crippen LogP contribution in [-0.2, 0) is 19.4 Å². The van der Waals surface area contributed by atoms with E-state index in [1.807, 2.05) is 13.8 Å². The number of aryl methyl sites for hydroxylation is 3. The highest BCUT2D eigenvalue weighted by Crippen LogP contribution is 2.17. The number of aromatic nitrogens is 3. The average Bonchev–Trinajstić information content (AvgIpc) is 2.91. The third-order valence-electron chi connectivity index (χ3n) is 3.81. The van der Waals surface area contributed by atoms with Crippen LogP contribution in [0.5, 0.6) is 6.01 Å². The minimum Gasteiger partial charge on any atom is -0.460 e. The van der Waals surface area contributed by atoms with E-state index < -0.39 is 11.2 Å². The zero-order chi connectivity index (χ0) is 17.3. The van der Waals surface area contributed by atoms with Crippen LogP contribution in [0.25, 0.3) is 11.1 Å². The lowest BCUT2D eigenvalue weighted by molar-refractivity contribution is 0.276. The smallest absolute Gasteiger partial charge is 0.337 e. The van der Waals surface area contributed by atoms with Gasteiger partial charge in [0.05, 0.1) is 11.3 Å². The van der Waals surface area contributed by atoms with Gasteiger partial charge in [-0.2, -0.15) is 4.98 Å². The lowest BCUT2D eigenvalue weighted by Gasteiger charge is -2.06. The quantitative estimate of drug-likeness (QED) is 0.759. The van der Waals surface area contributed by atoms with E-state index in [1.165, 1.54) is 6.07 Å². The zero-order valence-electron chi connectivity index (χ0n) is 13.6. The summed E-state index contributed by atoms with van der Waals surface area (Å²) < 4.78 is 15.7. The minimum absolute atomic E-state index is 0.0217. The monoisotopic (exact) mass is 331 g/mol. The molecule has 0 aliphatic carbocycles. The first-order chi connectivity index (χ1) is 11.5. The van der Waals surface area contributed by atoms with Crippen LogP contribution in [0.4, 0.5) is 0 Å². The van der Waals surface area contributed by atoms with Gasteiger partial charge in [-0.3, -0.25) is 9.78 Å². The van der Waals surface area contributed by atoms with Crippen LogP contribution in [-0.4, -0.2) is 15.1 Å². The third kappa shape index (κ3) is 2.82. The second kappa shape index (κ2) is 6.31. The molecule has 8 heteroatoms. The van der Waals surface area contributed by atoms with Gasteiger partial charge in [-0.1, -0.05) is 19.0 Å². The van der Waals surface area contributed by atoms with Gasteiger partial charge in [0.25, 0.3) is 11.6 Å². The first-order valence-electron chi connectivity index (χ1n) is 7.67. The van der Waals surface area contributed by atoms with Crippen LogP contribution in [0.3, 0.4) is 0 Å². The lowest BCUT2D eigenvalue weighted by Crippen LogP contribution is -2.15. The summed E-state index contributed by atoms with van der Waals surface area (Å²) in [6.45, 7) is 5.73. The molecular weight excluding hydrogens is 314 g/mol. The van der Waals surface area contributed by atoms with Crippen LogP contribution in [0.1, 0.15) is 36.4 Å². The Balaban J connectivity index is 1.98. The highest BCUT2D eigenvalue weighted by Gasteiger charge is 2.15. The summed E-state index contributed by atoms with van der Waals surface area (Å²) in [5, 5.41) is 4.20. The molecule has 0 bridgehead atoms. The van der Waals surface area contributed by atoms with Gasteiger partial charge in [-0.25, -0.2) is 4.79 Å². The topological polar surface area (TPSA) is 111 Å². The maximum absolute atomic E-state index is 12.3. The summed E-state index contributed by atoms with van der Waals surface area (Å²) >= 11 is 0. The van der Waals surface area contributed by atoms with Gasteiger partial charge in [-0.15, -0.1) is 0 Å². The number of aromatic amines is 1. The molecule has 0 aliphatic rings. The van der Waals surface area contributed by atoms with Gasteiger partial charge in [0, 0.05) is 6.07 Å². The summed E-state index contributed by atoms with van der Waals surface area (Å²) in [5.41, 5.74) is 1.19. The fourth-order valence-electron chi connectivity index (χ4n) is 2.52. The summed E-state index contributed by atoms with van der Waals surface area (Å²) in [6.07, 6.45) is 1.22. The standard InChI is InChI=1S/C16H17N3O5/c1-4-9-6-12(20)23-15-13(9)14(21)17-16(18-15)22-7-10-8(3)24-19-11(10)5-2/h6H,4-5,7H2,1-3H3,(H,17,18,21). The molecule has 0 fully saturated rings. The van der Waals surface area contributed by atoms with E-state index >= 15 is 0 Å². The number of fused-ring (bicyclic) bond motifs is 1. The third-order valence-corrected chi connectivity index (χ3v) is 3.81. The van der Waals surface area contributed by atoms with Crippen molar-refractivity contribution in [3.63, 3.8) is 0 Å². The van der Waals surface area contributed by atoms with Crippen molar-refractivity contribution in [1.29, 1.82) is 0 Å². The Morgan fingerprint density at radius 2 is 2.04 bits per heavy atom. The molecule has 3 aromatic heterocycles. The van der Waals surface area contributed by atoms with Crippen molar-refractivity contribution >= 4 is 11.1 Å². The van der Waals surface area contributed by atoms with Crippen molar-refractivity contribution in [3.05, 3.63) is 49.4 Å². The highest BCUT2D eigenvalue weighted by molar-refractivity contribution is 5.75. The van der Waals surface area contributed by atoms with Crippen LogP contribution < -0.4 is 15.9 Å². The average molecular weight is 331 g/mol. The van der Waals surface area contributed by atoms with E-state index in [1.54, 1.807) is 6.92 Å². The predicted molar refractivity (Wildman–Crippen MR) is 85.2 cm³/mol. The molecule has 3 rings (SSSR count). The summed E-state index contributed by atoms with van der Waals surface area (Å²) in [5.74, 6) is 0.648. The number of ether oxygens (including phenoxy) is 1. The molecule has 0 aliphatic heterocycles. The van der Waals surface area contributed by atoms with Crippen molar-refractivity contribution in [2.75, 3.05) is 0 Å². The number of rotatable bonds is 5. The Bertz CT molecular complexity index is 999. The van der Waals surface area contributed by atoms with E-state index in [0.29, 0.717) is 24.2 Å². The molecule has 0 atom stereocenters. The molecular formula is C16H17N3O5. The van der Waals surface area contributed by atoms with E-state index in [4.69, 9.17) is 13.7 Å². The Morgan fingerprint density at radius 3 is 2.75 bits per heavy atom. The van der Waals surface area contributed by atoms with Crippen LogP contribution in [0.15, 0.2) is 24.6 Å². The summed E-state index contributed by atoms with van der Waals surface area (Å²) in [7, 11) is 0. The van der Waals surface area contributed by atoms with Crippen molar-refractivity contribution in [2.24, 2.45) is 0 Å². The van der Waals surface area contributed by atoms with Crippen LogP contribution in [0.2, 0.25) is 0 Å². The van der Waals surface area contributed by atoms with Gasteiger partial charge < -0.3 is 13.7 Å². The molecule has 0 saturated heterocycles. The zero-order valence-corrected chi connectivity index (χ0v) is 13.6. The molecule has 0 unspecified atom stereocenters. The van der Waals surface area contributed by atoms with E-state index in [0.717, 1.165) is 11.3 Å². The molecule has 0 aromatic carbocycles. The second-order valence-electron chi connectivity index (χ2n) is 5.30. The molecule has 126 valence electrons. The van der Waals surface area contributed by atoms with E-state index in [-0.39, 0.29) is 23.7 Å². The Kier molecular flexibility index (Phi) is 4.20. The molecule has 0 amide bonds. The number of hydrogen-bond acceptors (Lipinski definition) is 7. The van der Waals surface area contributed by atoms with E-state index in [9.17, 15) is 9.59 Å². The second-order valence-corrected chi connectivity index (χ2v) is 5.30. The first kappa shape index (κ1) is 16.0. The first-order valence-corrected chi connectivity index (χ1v) is 7.67. The van der Waals surface area contributed by atoms with Crippen molar-refractivity contribution in [3.8, 4) is 6.01 Å². The van der Waals surface area contributed by atoms with E-state index in [2.05, 4.69) is 15.1 Å². The Hall–Kier alpha value is -2.90. The van der Waals surface area contributed by atoms with Gasteiger partial charge in [0.2, 0.25) is 5.71 Å². The lowest BCUT2D eigenvalue weighted by atomic mass is 10.1. The largest absolute Gasteiger partial charge is 0.460 e. The minimum atomic E-state index is -0.549.